The van der Waals surface area contributed by atoms with Gasteiger partial charge in [-0.2, -0.15) is 16.9 Å². The van der Waals surface area contributed by atoms with Crippen molar-refractivity contribution in [2.45, 2.75) is 32.3 Å². The molecule has 1 aromatic carbocycles. The van der Waals surface area contributed by atoms with Crippen LogP contribution in [0.2, 0.25) is 0 Å². The number of carbonyl (C=O) groups excluding carboxylic acids is 2. The van der Waals surface area contributed by atoms with Crippen molar-refractivity contribution >= 4 is 29.4 Å². The molecule has 0 fully saturated rings. The highest BCUT2D eigenvalue weighted by atomic mass is 32.2. The summed E-state index contributed by atoms with van der Waals surface area (Å²) in [5.41, 5.74) is 3.98. The van der Waals surface area contributed by atoms with Crippen LogP contribution < -0.4 is 15.5 Å². The van der Waals surface area contributed by atoms with Gasteiger partial charge in [-0.1, -0.05) is 17.7 Å². The first-order valence-corrected chi connectivity index (χ1v) is 10.9. The summed E-state index contributed by atoms with van der Waals surface area (Å²) >= 11 is 1.76. The van der Waals surface area contributed by atoms with Crippen LogP contribution in [0.3, 0.4) is 0 Å². The smallest absolute Gasteiger partial charge is 0.314 e. The molecule has 0 saturated heterocycles. The van der Waals surface area contributed by atoms with Crippen molar-refractivity contribution in [1.29, 1.82) is 0 Å². The van der Waals surface area contributed by atoms with Crippen LogP contribution in [0.4, 0.5) is 5.82 Å². The van der Waals surface area contributed by atoms with E-state index < -0.39 is 11.8 Å². The Balaban J connectivity index is 1.72. The van der Waals surface area contributed by atoms with E-state index in [1.165, 1.54) is 4.90 Å². The number of hydrogen-bond acceptors (Lipinski definition) is 4. The third-order valence-corrected chi connectivity index (χ3v) is 6.00. The van der Waals surface area contributed by atoms with Gasteiger partial charge in [0.05, 0.1) is 37.6 Å². The number of carbonyl (C=O) groups is 2. The van der Waals surface area contributed by atoms with Gasteiger partial charge in [0.2, 0.25) is 0 Å². The summed E-state index contributed by atoms with van der Waals surface area (Å²) in [6, 6.07) is 7.94. The largest absolute Gasteiger partial charge is 0.342 e. The van der Waals surface area contributed by atoms with Crippen molar-refractivity contribution in [2.24, 2.45) is 0 Å². The van der Waals surface area contributed by atoms with Gasteiger partial charge in [0, 0.05) is 17.1 Å². The Kier molecular flexibility index (Phi) is 6.74. The average Bonchev–Trinajstić information content (AvgIpc) is 3.28. The number of quaternary nitrogens is 1. The van der Waals surface area contributed by atoms with E-state index in [1.807, 2.05) is 31.2 Å². The van der Waals surface area contributed by atoms with Crippen molar-refractivity contribution in [3.63, 3.8) is 0 Å². The quantitative estimate of drug-likeness (QED) is 0.602. The van der Waals surface area contributed by atoms with Crippen LogP contribution in [-0.2, 0) is 21.1 Å². The maximum Gasteiger partial charge on any atom is 0.314 e. The van der Waals surface area contributed by atoms with Crippen LogP contribution in [0, 0.1) is 6.92 Å². The number of aryl methyl sites for hydroxylation is 1. The highest BCUT2D eigenvalue weighted by molar-refractivity contribution is 7.98. The molecule has 3 rings (SSSR count). The fourth-order valence-corrected chi connectivity index (χ4v) is 4.25. The van der Waals surface area contributed by atoms with Gasteiger partial charge in [0.25, 0.3) is 0 Å². The van der Waals surface area contributed by atoms with Crippen molar-refractivity contribution in [1.82, 2.24) is 15.1 Å². The number of anilines is 1. The SMILES string of the molecule is CC[NH+](CC)CCNC(=O)C(=O)Nc1c2c(nn1-c1ccc(C)cc1)CSC2. The maximum absolute atomic E-state index is 12.5. The molecule has 3 N–H and O–H groups in total. The Morgan fingerprint density at radius 1 is 1.14 bits per heavy atom. The van der Waals surface area contributed by atoms with Gasteiger partial charge < -0.3 is 15.5 Å². The van der Waals surface area contributed by atoms with E-state index >= 15 is 0 Å². The molecule has 0 saturated carbocycles. The van der Waals surface area contributed by atoms with E-state index in [0.717, 1.165) is 53.6 Å². The second-order valence-electron chi connectivity index (χ2n) is 6.93. The zero-order valence-electron chi connectivity index (χ0n) is 16.7. The third-order valence-electron chi connectivity index (χ3n) is 5.03. The Bertz CT molecular complexity index is 843. The molecule has 2 aromatic rings. The van der Waals surface area contributed by atoms with Crippen LogP contribution >= 0.6 is 11.8 Å². The Morgan fingerprint density at radius 2 is 1.86 bits per heavy atom. The third kappa shape index (κ3) is 4.56. The van der Waals surface area contributed by atoms with Crippen molar-refractivity contribution in [2.75, 3.05) is 31.5 Å². The standard InChI is InChI=1S/C20H27N5O2S/c1-4-24(5-2)11-10-21-19(26)20(27)22-18-16-12-28-13-17(16)23-25(18)15-8-6-14(3)7-9-15/h6-9H,4-5,10-13H2,1-3H3,(H,21,26)(H,22,27)/p+1. The minimum Gasteiger partial charge on any atom is -0.342 e. The lowest BCUT2D eigenvalue weighted by Gasteiger charge is -2.15. The minimum absolute atomic E-state index is 0.481. The van der Waals surface area contributed by atoms with Crippen molar-refractivity contribution in [3.05, 3.63) is 41.1 Å². The number of fused-ring (bicyclic) bond motifs is 1. The van der Waals surface area contributed by atoms with E-state index in [2.05, 4.69) is 29.6 Å². The number of aromatic nitrogens is 2. The van der Waals surface area contributed by atoms with Crippen molar-refractivity contribution in [3.8, 4) is 5.69 Å². The average molecular weight is 403 g/mol. The molecule has 1 aromatic heterocycles. The first-order chi connectivity index (χ1) is 13.5. The summed E-state index contributed by atoms with van der Waals surface area (Å²) in [6.45, 7) is 9.52. The molecule has 0 aliphatic carbocycles. The summed E-state index contributed by atoms with van der Waals surface area (Å²) in [4.78, 5) is 26.1. The molecule has 0 spiro atoms. The molecule has 1 aliphatic heterocycles. The number of benzene rings is 1. The van der Waals surface area contributed by atoms with Crippen LogP contribution in [-0.4, -0.2) is 47.8 Å². The van der Waals surface area contributed by atoms with Crippen LogP contribution in [0.5, 0.6) is 0 Å². The van der Waals surface area contributed by atoms with Gasteiger partial charge in [-0.25, -0.2) is 4.68 Å². The number of nitrogens with one attached hydrogen (secondary N) is 3. The fourth-order valence-electron chi connectivity index (χ4n) is 3.22. The van der Waals surface area contributed by atoms with E-state index in [9.17, 15) is 9.59 Å². The lowest BCUT2D eigenvalue weighted by molar-refractivity contribution is -0.895. The molecule has 28 heavy (non-hydrogen) atoms. The maximum atomic E-state index is 12.5. The molecule has 8 heteroatoms. The Morgan fingerprint density at radius 3 is 2.54 bits per heavy atom. The van der Waals surface area contributed by atoms with Crippen molar-refractivity contribution < 1.29 is 14.5 Å². The Hall–Kier alpha value is -2.32. The lowest BCUT2D eigenvalue weighted by Crippen LogP contribution is -3.12. The highest BCUT2D eigenvalue weighted by Crippen LogP contribution is 2.36. The van der Waals surface area contributed by atoms with Gasteiger partial charge >= 0.3 is 11.8 Å². The van der Waals surface area contributed by atoms with Gasteiger partial charge in [0.1, 0.15) is 5.82 Å². The van der Waals surface area contributed by atoms with Gasteiger partial charge in [0.15, 0.2) is 0 Å². The number of thioether (sulfide) groups is 1. The lowest BCUT2D eigenvalue weighted by atomic mass is 10.2. The minimum atomic E-state index is -0.650. The second-order valence-corrected chi connectivity index (χ2v) is 7.92. The first-order valence-electron chi connectivity index (χ1n) is 9.71. The normalized spacial score (nSPS) is 12.9. The molecule has 2 heterocycles. The highest BCUT2D eigenvalue weighted by Gasteiger charge is 2.26. The summed E-state index contributed by atoms with van der Waals surface area (Å²) < 4.78 is 1.73. The topological polar surface area (TPSA) is 80.5 Å². The number of nitrogens with zero attached hydrogens (tertiary/aromatic N) is 2. The predicted octanol–water partition coefficient (Wildman–Crippen LogP) is 0.907. The van der Waals surface area contributed by atoms with Gasteiger partial charge in [-0.3, -0.25) is 9.59 Å². The van der Waals surface area contributed by atoms with Crippen LogP contribution in [0.15, 0.2) is 24.3 Å². The molecule has 7 nitrogen and oxygen atoms in total. The molecule has 150 valence electrons. The van der Waals surface area contributed by atoms with Crippen LogP contribution in [0.1, 0.15) is 30.7 Å². The van der Waals surface area contributed by atoms with Gasteiger partial charge in [-0.15, -0.1) is 0 Å². The van der Waals surface area contributed by atoms with E-state index in [4.69, 9.17) is 0 Å². The first kappa shape index (κ1) is 20.4. The fraction of sp³-hybridized carbons (Fsp3) is 0.450. The zero-order chi connectivity index (χ0) is 20.1. The molecular weight excluding hydrogens is 374 g/mol. The molecule has 2 amide bonds. The summed E-state index contributed by atoms with van der Waals surface area (Å²) in [5.74, 6) is 0.933. The number of hydrogen-bond donors (Lipinski definition) is 3. The molecule has 0 unspecified atom stereocenters. The molecule has 1 aliphatic rings. The van der Waals surface area contributed by atoms with Crippen LogP contribution in [0.25, 0.3) is 5.69 Å². The number of likely N-dealkylation sites (N-methyl/N-ethyl adjacent to an activating group) is 1. The Labute approximate surface area is 169 Å². The van der Waals surface area contributed by atoms with E-state index in [0.29, 0.717) is 12.4 Å². The molecule has 0 atom stereocenters. The molecule has 0 bridgehead atoms. The second kappa shape index (κ2) is 9.25. The number of rotatable bonds is 7. The molecular formula is C20H28N5O2S+. The summed E-state index contributed by atoms with van der Waals surface area (Å²) in [7, 11) is 0. The predicted molar refractivity (Wildman–Crippen MR) is 112 cm³/mol. The molecule has 0 radical (unpaired) electrons. The summed E-state index contributed by atoms with van der Waals surface area (Å²) in [6.07, 6.45) is 0. The van der Waals surface area contributed by atoms with Gasteiger partial charge in [-0.05, 0) is 32.9 Å². The summed E-state index contributed by atoms with van der Waals surface area (Å²) in [5, 5.41) is 10.2. The number of amides is 2. The zero-order valence-corrected chi connectivity index (χ0v) is 17.5. The monoisotopic (exact) mass is 402 g/mol. The van der Waals surface area contributed by atoms with E-state index in [1.54, 1.807) is 16.4 Å². The van der Waals surface area contributed by atoms with E-state index in [-0.39, 0.29) is 0 Å².